The van der Waals surface area contributed by atoms with Crippen LogP contribution in [-0.4, -0.2) is 0 Å². The van der Waals surface area contributed by atoms with Crippen LogP contribution < -0.4 is 10.4 Å². The van der Waals surface area contributed by atoms with Gasteiger partial charge in [-0.3, -0.25) is 0 Å². The Morgan fingerprint density at radius 3 is 2.00 bits per heavy atom. The molecule has 0 N–H and O–H groups in total. The summed E-state index contributed by atoms with van der Waals surface area (Å²) in [6, 6.07) is 14.3. The summed E-state index contributed by atoms with van der Waals surface area (Å²) < 4.78 is 0. The number of rotatable bonds is 0. The Morgan fingerprint density at radius 1 is 0.706 bits per heavy atom. The lowest BCUT2D eigenvalue weighted by Gasteiger charge is -2.07. The van der Waals surface area contributed by atoms with Gasteiger partial charge in [-0.2, -0.15) is 0 Å². The van der Waals surface area contributed by atoms with Crippen molar-refractivity contribution in [2.75, 3.05) is 0 Å². The first-order chi connectivity index (χ1) is 8.20. The second-order valence-electron chi connectivity index (χ2n) is 4.20. The monoisotopic (exact) mass is 236 g/mol. The molecule has 0 saturated heterocycles. The van der Waals surface area contributed by atoms with E-state index in [1.165, 1.54) is 5.39 Å². The van der Waals surface area contributed by atoms with Crippen molar-refractivity contribution in [3.05, 3.63) is 52.9 Å². The molecular weight excluding hydrogens is 224 g/mol. The van der Waals surface area contributed by atoms with Crippen LogP contribution in [0.15, 0.2) is 47.4 Å². The van der Waals surface area contributed by atoms with Gasteiger partial charge < -0.3 is 0 Å². The molecule has 0 nitrogen and oxygen atoms in total. The van der Waals surface area contributed by atoms with Crippen LogP contribution in [0.4, 0.5) is 0 Å². The predicted octanol–water partition coefficient (Wildman–Crippen LogP) is 3.10. The van der Waals surface area contributed by atoms with Crippen molar-refractivity contribution in [1.29, 1.82) is 0 Å². The number of benzene rings is 3. The van der Waals surface area contributed by atoms with Crippen LogP contribution in [0.2, 0.25) is 0 Å². The maximum absolute atomic E-state index is 4.53. The summed E-state index contributed by atoms with van der Waals surface area (Å²) in [4.78, 5) is 0.961. The molecule has 0 spiro atoms. The molecule has 3 rings (SSSR count). The Hall–Kier alpha value is -1.73. The van der Waals surface area contributed by atoms with E-state index in [2.05, 4.69) is 44.0 Å². The van der Waals surface area contributed by atoms with Crippen molar-refractivity contribution >= 4 is 47.3 Å². The Kier molecular flexibility index (Phi) is 2.23. The van der Waals surface area contributed by atoms with Crippen LogP contribution in [0.5, 0.6) is 0 Å². The highest BCUT2D eigenvalue weighted by Gasteiger charge is 2.04. The fourth-order valence-corrected chi connectivity index (χ4v) is 2.74. The maximum Gasteiger partial charge on any atom is 0.0125 e. The van der Waals surface area contributed by atoms with E-state index in [1.54, 1.807) is 0 Å². The van der Waals surface area contributed by atoms with Gasteiger partial charge in [-0.25, -0.2) is 0 Å². The summed E-state index contributed by atoms with van der Waals surface area (Å²) in [6.45, 7) is 8.40. The van der Waals surface area contributed by atoms with Crippen LogP contribution in [0.1, 0.15) is 0 Å². The highest BCUT2D eigenvalue weighted by atomic mass is 32.1. The first-order valence-electron chi connectivity index (χ1n) is 5.50. The molecule has 0 aliphatic heterocycles. The second-order valence-corrected chi connectivity index (χ2v) is 4.68. The summed E-state index contributed by atoms with van der Waals surface area (Å²) >= 11 is 4.53. The predicted molar refractivity (Wildman–Crippen MR) is 79.0 cm³/mol. The van der Waals surface area contributed by atoms with Gasteiger partial charge in [-0.1, -0.05) is 49.6 Å². The van der Waals surface area contributed by atoms with E-state index < -0.39 is 0 Å². The van der Waals surface area contributed by atoms with Gasteiger partial charge in [0, 0.05) is 10.3 Å². The molecule has 3 aromatic carbocycles. The fraction of sp³-hybridized carbons (Fsp3) is 0. The van der Waals surface area contributed by atoms with Gasteiger partial charge in [0.2, 0.25) is 0 Å². The second kappa shape index (κ2) is 3.64. The Bertz CT molecular complexity index is 831. The zero-order valence-corrected chi connectivity index (χ0v) is 10.3. The molecule has 0 atom stereocenters. The third-order valence-corrected chi connectivity index (χ3v) is 3.62. The van der Waals surface area contributed by atoms with Crippen LogP contribution in [-0.2, 0) is 0 Å². The third kappa shape index (κ3) is 1.39. The highest BCUT2D eigenvalue weighted by molar-refractivity contribution is 7.80. The molecule has 3 aromatic rings. The van der Waals surface area contributed by atoms with Gasteiger partial charge in [0.25, 0.3) is 0 Å². The molecule has 0 unspecified atom stereocenters. The Morgan fingerprint density at radius 2 is 1.29 bits per heavy atom. The highest BCUT2D eigenvalue weighted by Crippen LogP contribution is 2.19. The molecule has 17 heavy (non-hydrogen) atoms. The van der Waals surface area contributed by atoms with Gasteiger partial charge in [0.05, 0.1) is 0 Å². The molecule has 0 aliphatic rings. The SMILES string of the molecule is C=c1c2ccccc2c(=C)c2c(S)cccc12. The lowest BCUT2D eigenvalue weighted by atomic mass is 9.99. The van der Waals surface area contributed by atoms with Crippen molar-refractivity contribution in [3.8, 4) is 0 Å². The molecule has 0 radical (unpaired) electrons. The normalized spacial score (nSPS) is 11.1. The largest absolute Gasteiger partial charge is 0.143 e. The van der Waals surface area contributed by atoms with Crippen molar-refractivity contribution in [1.82, 2.24) is 0 Å². The van der Waals surface area contributed by atoms with E-state index in [4.69, 9.17) is 0 Å². The summed E-state index contributed by atoms with van der Waals surface area (Å²) in [7, 11) is 0. The van der Waals surface area contributed by atoms with E-state index in [1.807, 2.05) is 24.3 Å². The van der Waals surface area contributed by atoms with Crippen molar-refractivity contribution in [2.24, 2.45) is 0 Å². The van der Waals surface area contributed by atoms with E-state index in [-0.39, 0.29) is 0 Å². The average Bonchev–Trinajstić information content (AvgIpc) is 2.36. The van der Waals surface area contributed by atoms with E-state index in [0.29, 0.717) is 0 Å². The van der Waals surface area contributed by atoms with Gasteiger partial charge >= 0.3 is 0 Å². The summed E-state index contributed by atoms with van der Waals surface area (Å²) in [5.74, 6) is 0. The lowest BCUT2D eigenvalue weighted by Crippen LogP contribution is -2.12. The van der Waals surface area contributed by atoms with E-state index in [9.17, 15) is 0 Å². The number of hydrogen-bond donors (Lipinski definition) is 1. The zero-order valence-electron chi connectivity index (χ0n) is 9.40. The zero-order chi connectivity index (χ0) is 12.0. The minimum Gasteiger partial charge on any atom is -0.143 e. The summed E-state index contributed by atoms with van der Waals surface area (Å²) in [5.41, 5.74) is 0. The molecule has 0 aliphatic carbocycles. The van der Waals surface area contributed by atoms with Crippen LogP contribution in [0, 0.1) is 0 Å². The number of fused-ring (bicyclic) bond motifs is 2. The van der Waals surface area contributed by atoms with Gasteiger partial charge in [-0.05, 0) is 32.7 Å². The molecule has 82 valence electrons. The number of hydrogen-bond acceptors (Lipinski definition) is 1. The Balaban J connectivity index is 2.80. The molecule has 0 bridgehead atoms. The quantitative estimate of drug-likeness (QED) is 0.450. The van der Waals surface area contributed by atoms with Crippen molar-refractivity contribution in [2.45, 2.75) is 4.90 Å². The maximum atomic E-state index is 4.53. The fourth-order valence-electron chi connectivity index (χ4n) is 2.40. The smallest absolute Gasteiger partial charge is 0.0125 e. The third-order valence-electron chi connectivity index (χ3n) is 3.25. The van der Waals surface area contributed by atoms with Crippen LogP contribution in [0.3, 0.4) is 0 Å². The van der Waals surface area contributed by atoms with Gasteiger partial charge in [-0.15, -0.1) is 12.6 Å². The average molecular weight is 236 g/mol. The van der Waals surface area contributed by atoms with Crippen LogP contribution in [0.25, 0.3) is 34.7 Å². The van der Waals surface area contributed by atoms with Crippen molar-refractivity contribution in [3.63, 3.8) is 0 Å². The van der Waals surface area contributed by atoms with Gasteiger partial charge in [0.15, 0.2) is 0 Å². The van der Waals surface area contributed by atoms with E-state index in [0.717, 1.165) is 31.5 Å². The number of thiol groups is 1. The first-order valence-corrected chi connectivity index (χ1v) is 5.95. The standard InChI is InChI=1S/C16H12S/c1-10-12-6-3-4-7-13(12)11(2)16-14(10)8-5-9-15(16)17/h3-9,17H,1-2H2. The molecule has 0 saturated carbocycles. The first kappa shape index (κ1) is 10.4. The van der Waals surface area contributed by atoms with Crippen molar-refractivity contribution < 1.29 is 0 Å². The topological polar surface area (TPSA) is 0 Å². The molecule has 1 heteroatoms. The summed E-state index contributed by atoms with van der Waals surface area (Å²) in [6.07, 6.45) is 0. The minimum absolute atomic E-state index is 0.961. The molecule has 0 amide bonds. The summed E-state index contributed by atoms with van der Waals surface area (Å²) in [5, 5.41) is 6.67. The van der Waals surface area contributed by atoms with Crippen LogP contribution >= 0.6 is 12.6 Å². The molecule has 0 fully saturated rings. The molecule has 0 aromatic heterocycles. The minimum atomic E-state index is 0.961. The Labute approximate surface area is 105 Å². The lowest BCUT2D eigenvalue weighted by molar-refractivity contribution is 1.54. The van der Waals surface area contributed by atoms with Gasteiger partial charge in [0.1, 0.15) is 0 Å². The molecular formula is C16H12S. The van der Waals surface area contributed by atoms with E-state index >= 15 is 0 Å². The molecule has 0 heterocycles.